The number of amides is 1. The van der Waals surface area contributed by atoms with Gasteiger partial charge in [-0.05, 0) is 50.6 Å². The summed E-state index contributed by atoms with van der Waals surface area (Å²) in [5.74, 6) is -0.169. The summed E-state index contributed by atoms with van der Waals surface area (Å²) in [6, 6.07) is 24.2. The van der Waals surface area contributed by atoms with Crippen molar-refractivity contribution in [2.24, 2.45) is 0 Å². The molecule has 0 fully saturated rings. The molecule has 138 valence electrons. The lowest BCUT2D eigenvalue weighted by molar-refractivity contribution is 0.0914. The van der Waals surface area contributed by atoms with Crippen molar-refractivity contribution in [3.63, 3.8) is 0 Å². The maximum atomic E-state index is 12.5. The summed E-state index contributed by atoms with van der Waals surface area (Å²) in [6.45, 7) is 6.58. The highest BCUT2D eigenvalue weighted by Crippen LogP contribution is 2.27. The zero-order chi connectivity index (χ0) is 19.3. The number of carbonyl (C=O) groups excluding carboxylic acids is 1. The molecule has 0 aliphatic rings. The van der Waals surface area contributed by atoms with E-state index in [0.717, 1.165) is 11.4 Å². The van der Waals surface area contributed by atoms with Gasteiger partial charge in [0.2, 0.25) is 0 Å². The highest BCUT2D eigenvalue weighted by atomic mass is 16.2. The van der Waals surface area contributed by atoms with Gasteiger partial charge in [-0.1, -0.05) is 48.5 Å². The Morgan fingerprint density at radius 2 is 1.56 bits per heavy atom. The number of hydrogen-bond acceptors (Lipinski definition) is 3. The molecule has 0 saturated carbocycles. The number of anilines is 2. The van der Waals surface area contributed by atoms with Crippen LogP contribution in [0.2, 0.25) is 0 Å². The van der Waals surface area contributed by atoms with Gasteiger partial charge in [-0.2, -0.15) is 0 Å². The van der Waals surface area contributed by atoms with Crippen molar-refractivity contribution >= 4 is 17.3 Å². The standard InChI is InChI=1S/C23H25N3O/c1-23(2,3)25-22(27)21-16-20(14-15-24-21)26(19-12-8-5-9-13-19)17-18-10-6-4-7-11-18/h4-16H,17H2,1-3H3,(H,25,27). The second kappa shape index (κ2) is 8.04. The van der Waals surface area contributed by atoms with E-state index in [9.17, 15) is 4.79 Å². The second-order valence-corrected chi connectivity index (χ2v) is 7.51. The fourth-order valence-electron chi connectivity index (χ4n) is 2.82. The molecule has 0 aliphatic carbocycles. The van der Waals surface area contributed by atoms with Crippen molar-refractivity contribution in [3.8, 4) is 0 Å². The van der Waals surface area contributed by atoms with Gasteiger partial charge in [0.05, 0.1) is 0 Å². The molecule has 1 heterocycles. The molecule has 1 aromatic heterocycles. The summed E-state index contributed by atoms with van der Waals surface area (Å²) in [7, 11) is 0. The number of carbonyl (C=O) groups is 1. The molecule has 0 atom stereocenters. The molecule has 1 N–H and O–H groups in total. The van der Waals surface area contributed by atoms with Crippen LogP contribution in [-0.4, -0.2) is 16.4 Å². The number of benzene rings is 2. The molecule has 0 aliphatic heterocycles. The zero-order valence-electron chi connectivity index (χ0n) is 16.0. The molecule has 3 aromatic rings. The van der Waals surface area contributed by atoms with Crippen LogP contribution in [0, 0.1) is 0 Å². The normalized spacial score (nSPS) is 11.1. The van der Waals surface area contributed by atoms with E-state index in [1.807, 2.05) is 69.3 Å². The number of hydrogen-bond donors (Lipinski definition) is 1. The fraction of sp³-hybridized carbons (Fsp3) is 0.217. The predicted octanol–water partition coefficient (Wildman–Crippen LogP) is 4.95. The zero-order valence-corrected chi connectivity index (χ0v) is 16.0. The number of para-hydroxylation sites is 1. The number of nitrogens with one attached hydrogen (secondary N) is 1. The van der Waals surface area contributed by atoms with Crippen LogP contribution in [-0.2, 0) is 6.54 Å². The largest absolute Gasteiger partial charge is 0.346 e. The number of nitrogens with zero attached hydrogens (tertiary/aromatic N) is 2. The van der Waals surface area contributed by atoms with E-state index >= 15 is 0 Å². The van der Waals surface area contributed by atoms with E-state index in [1.165, 1.54) is 5.56 Å². The van der Waals surface area contributed by atoms with Gasteiger partial charge in [0, 0.05) is 29.7 Å². The van der Waals surface area contributed by atoms with Gasteiger partial charge in [0.15, 0.2) is 0 Å². The Labute approximate surface area is 160 Å². The quantitative estimate of drug-likeness (QED) is 0.701. The van der Waals surface area contributed by atoms with Gasteiger partial charge in [-0.3, -0.25) is 9.78 Å². The Morgan fingerprint density at radius 1 is 0.926 bits per heavy atom. The maximum Gasteiger partial charge on any atom is 0.270 e. The van der Waals surface area contributed by atoms with E-state index in [2.05, 4.69) is 39.5 Å². The van der Waals surface area contributed by atoms with Gasteiger partial charge in [0.1, 0.15) is 5.69 Å². The molecule has 0 unspecified atom stereocenters. The molecular formula is C23H25N3O. The average molecular weight is 359 g/mol. The van der Waals surface area contributed by atoms with Crippen molar-refractivity contribution < 1.29 is 4.79 Å². The van der Waals surface area contributed by atoms with Gasteiger partial charge in [-0.15, -0.1) is 0 Å². The number of pyridine rings is 1. The summed E-state index contributed by atoms with van der Waals surface area (Å²) in [4.78, 5) is 19.0. The average Bonchev–Trinajstić information content (AvgIpc) is 2.66. The monoisotopic (exact) mass is 359 g/mol. The van der Waals surface area contributed by atoms with Crippen molar-refractivity contribution in [2.45, 2.75) is 32.9 Å². The number of aromatic nitrogens is 1. The Balaban J connectivity index is 1.95. The molecule has 2 aromatic carbocycles. The lowest BCUT2D eigenvalue weighted by Crippen LogP contribution is -2.41. The summed E-state index contributed by atoms with van der Waals surface area (Å²) >= 11 is 0. The van der Waals surface area contributed by atoms with Crippen LogP contribution in [0.1, 0.15) is 36.8 Å². The summed E-state index contributed by atoms with van der Waals surface area (Å²) < 4.78 is 0. The van der Waals surface area contributed by atoms with Crippen LogP contribution >= 0.6 is 0 Å². The minimum absolute atomic E-state index is 0.169. The van der Waals surface area contributed by atoms with Crippen LogP contribution in [0.15, 0.2) is 79.0 Å². The van der Waals surface area contributed by atoms with Crippen LogP contribution in [0.4, 0.5) is 11.4 Å². The molecule has 0 spiro atoms. The van der Waals surface area contributed by atoms with Crippen LogP contribution < -0.4 is 10.2 Å². The Hall–Kier alpha value is -3.14. The molecule has 3 rings (SSSR count). The fourth-order valence-corrected chi connectivity index (χ4v) is 2.82. The smallest absolute Gasteiger partial charge is 0.270 e. The van der Waals surface area contributed by atoms with E-state index in [1.54, 1.807) is 6.20 Å². The highest BCUT2D eigenvalue weighted by molar-refractivity contribution is 5.93. The second-order valence-electron chi connectivity index (χ2n) is 7.51. The highest BCUT2D eigenvalue weighted by Gasteiger charge is 2.18. The minimum Gasteiger partial charge on any atom is -0.346 e. The molecule has 0 radical (unpaired) electrons. The topological polar surface area (TPSA) is 45.2 Å². The van der Waals surface area contributed by atoms with Crippen molar-refractivity contribution in [1.82, 2.24) is 10.3 Å². The van der Waals surface area contributed by atoms with Gasteiger partial charge in [0.25, 0.3) is 5.91 Å². The Kier molecular flexibility index (Phi) is 5.55. The minimum atomic E-state index is -0.308. The van der Waals surface area contributed by atoms with E-state index in [4.69, 9.17) is 0 Å². The molecule has 27 heavy (non-hydrogen) atoms. The first-order valence-corrected chi connectivity index (χ1v) is 9.07. The van der Waals surface area contributed by atoms with E-state index in [-0.39, 0.29) is 11.4 Å². The summed E-state index contributed by atoms with van der Waals surface area (Å²) in [5.41, 5.74) is 3.29. The molecular weight excluding hydrogens is 334 g/mol. The first-order chi connectivity index (χ1) is 12.9. The Bertz CT molecular complexity index is 886. The molecule has 4 heteroatoms. The first kappa shape index (κ1) is 18.6. The van der Waals surface area contributed by atoms with Crippen LogP contribution in [0.25, 0.3) is 0 Å². The summed E-state index contributed by atoms with van der Waals surface area (Å²) in [6.07, 6.45) is 1.69. The third-order valence-electron chi connectivity index (χ3n) is 4.03. The molecule has 4 nitrogen and oxygen atoms in total. The lowest BCUT2D eigenvalue weighted by atomic mass is 10.1. The van der Waals surface area contributed by atoms with E-state index < -0.39 is 0 Å². The first-order valence-electron chi connectivity index (χ1n) is 9.07. The maximum absolute atomic E-state index is 12.5. The van der Waals surface area contributed by atoms with Crippen LogP contribution in [0.5, 0.6) is 0 Å². The predicted molar refractivity (Wildman–Crippen MR) is 110 cm³/mol. The molecule has 1 amide bonds. The van der Waals surface area contributed by atoms with Crippen molar-refractivity contribution in [2.75, 3.05) is 4.90 Å². The van der Waals surface area contributed by atoms with E-state index in [0.29, 0.717) is 12.2 Å². The van der Waals surface area contributed by atoms with Crippen LogP contribution in [0.3, 0.4) is 0 Å². The van der Waals surface area contributed by atoms with Gasteiger partial charge in [-0.25, -0.2) is 0 Å². The van der Waals surface area contributed by atoms with Crippen molar-refractivity contribution in [1.29, 1.82) is 0 Å². The number of rotatable bonds is 5. The third kappa shape index (κ3) is 5.17. The van der Waals surface area contributed by atoms with Crippen molar-refractivity contribution in [3.05, 3.63) is 90.3 Å². The Morgan fingerprint density at radius 3 is 2.19 bits per heavy atom. The van der Waals surface area contributed by atoms with Gasteiger partial charge >= 0.3 is 0 Å². The van der Waals surface area contributed by atoms with Gasteiger partial charge < -0.3 is 10.2 Å². The lowest BCUT2D eigenvalue weighted by Gasteiger charge is -2.26. The summed E-state index contributed by atoms with van der Waals surface area (Å²) in [5, 5.41) is 2.97. The molecule has 0 bridgehead atoms. The third-order valence-corrected chi connectivity index (χ3v) is 4.03. The molecule has 0 saturated heterocycles. The SMILES string of the molecule is CC(C)(C)NC(=O)c1cc(N(Cc2ccccc2)c2ccccc2)ccn1.